The predicted octanol–water partition coefficient (Wildman–Crippen LogP) is 0.866. The largest absolute Gasteiger partial charge is 0.474 e. The highest BCUT2D eigenvalue weighted by Crippen LogP contribution is 2.59. The van der Waals surface area contributed by atoms with Crippen LogP contribution in [0.5, 0.6) is 0 Å². The summed E-state index contributed by atoms with van der Waals surface area (Å²) in [6.45, 7) is 2.91. The van der Waals surface area contributed by atoms with Crippen molar-refractivity contribution in [3.63, 3.8) is 0 Å². The Kier molecular flexibility index (Phi) is 3.55. The summed E-state index contributed by atoms with van der Waals surface area (Å²) in [5, 5.41) is 0. The molecule has 0 bridgehead atoms. The molecule has 0 saturated heterocycles. The van der Waals surface area contributed by atoms with Gasteiger partial charge >= 0.3 is 7.82 Å². The zero-order valence-corrected chi connectivity index (χ0v) is 7.96. The molecule has 5 nitrogen and oxygen atoms in total. The van der Waals surface area contributed by atoms with Gasteiger partial charge in [-0.25, -0.2) is 8.88 Å². The Morgan fingerprint density at radius 3 is 1.82 bits per heavy atom. The summed E-state index contributed by atoms with van der Waals surface area (Å²) in [7, 11) is -3.39. The van der Waals surface area contributed by atoms with Crippen molar-refractivity contribution in [3.05, 3.63) is 0 Å². The zero-order valence-electron chi connectivity index (χ0n) is 6.17. The molecule has 1 unspecified atom stereocenters. The lowest BCUT2D eigenvalue weighted by molar-refractivity contribution is 0.285. The van der Waals surface area contributed by atoms with Gasteiger partial charge in [0.2, 0.25) is 7.57 Å². The average molecular weight is 198 g/mol. The van der Waals surface area contributed by atoms with Crippen molar-refractivity contribution >= 4 is 22.6 Å². The Labute approximate surface area is 66.2 Å². The Balaban J connectivity index is 4.39. The molecule has 8 heteroatoms. The van der Waals surface area contributed by atoms with E-state index in [1.807, 2.05) is 0 Å². The summed E-state index contributed by atoms with van der Waals surface area (Å²) in [4.78, 5) is 16.5. The Hall–Kier alpha value is 0.405. The van der Waals surface area contributed by atoms with E-state index in [-0.39, 0.29) is 0 Å². The van der Waals surface area contributed by atoms with E-state index < -0.39 is 20.7 Å². The van der Waals surface area contributed by atoms with Crippen LogP contribution in [0, 0.1) is 0 Å². The summed E-state index contributed by atoms with van der Waals surface area (Å²) in [6.07, 6.45) is 0. The number of phosphoric acid groups is 1. The van der Waals surface area contributed by atoms with Gasteiger partial charge in [0.05, 0.1) is 0 Å². The van der Waals surface area contributed by atoms with Gasteiger partial charge in [0.25, 0.3) is 0 Å². The van der Waals surface area contributed by atoms with Crippen molar-refractivity contribution in [2.45, 2.75) is 19.5 Å². The standard InChI is InChI=1S/C3H9BO5P2/c1-3(2)10(4,5)9-11(6,7)8/h3H,1-2H3,(H2,6,7,8). The first-order chi connectivity index (χ1) is 4.65. The number of rotatable bonds is 3. The van der Waals surface area contributed by atoms with Crippen LogP contribution in [0.15, 0.2) is 0 Å². The van der Waals surface area contributed by atoms with Gasteiger partial charge in [-0.3, -0.25) is 0 Å². The zero-order chi connectivity index (χ0) is 9.28. The minimum atomic E-state index is -4.73. The van der Waals surface area contributed by atoms with Crippen LogP contribution in [0.3, 0.4) is 0 Å². The summed E-state index contributed by atoms with van der Waals surface area (Å²) in [5.74, 6) is 0. The Morgan fingerprint density at radius 1 is 1.36 bits per heavy atom. The van der Waals surface area contributed by atoms with Crippen molar-refractivity contribution in [3.8, 4) is 0 Å². The first-order valence-corrected chi connectivity index (χ1v) is 6.09. The summed E-state index contributed by atoms with van der Waals surface area (Å²) in [6, 6.07) is 0. The molecule has 0 rings (SSSR count). The second-order valence-electron chi connectivity index (χ2n) is 2.31. The van der Waals surface area contributed by atoms with Crippen LogP contribution in [-0.2, 0) is 13.4 Å². The number of hydrogen-bond donors (Lipinski definition) is 2. The molecule has 0 heterocycles. The van der Waals surface area contributed by atoms with Crippen molar-refractivity contribution in [2.75, 3.05) is 0 Å². The monoisotopic (exact) mass is 198 g/mol. The Morgan fingerprint density at radius 2 is 1.73 bits per heavy atom. The smallest absolute Gasteiger partial charge is 0.305 e. The number of hydrogen-bond acceptors (Lipinski definition) is 3. The van der Waals surface area contributed by atoms with E-state index in [0.717, 1.165) is 0 Å². The lowest BCUT2D eigenvalue weighted by atomic mass is 10.6. The van der Waals surface area contributed by atoms with Crippen LogP contribution < -0.4 is 0 Å². The SMILES string of the molecule is [B]P(=O)(OP(=O)(O)O)C(C)C. The fraction of sp³-hybridized carbons (Fsp3) is 1.00. The summed E-state index contributed by atoms with van der Waals surface area (Å²) >= 11 is 0. The fourth-order valence-corrected chi connectivity index (χ4v) is 2.34. The van der Waals surface area contributed by atoms with E-state index >= 15 is 0 Å². The highest BCUT2D eigenvalue weighted by Gasteiger charge is 2.29. The van der Waals surface area contributed by atoms with Crippen LogP contribution >= 0.6 is 15.1 Å². The molecule has 1 atom stereocenters. The molecule has 0 aromatic heterocycles. The highest BCUT2D eigenvalue weighted by atomic mass is 31.3. The second-order valence-corrected chi connectivity index (χ2v) is 6.27. The molecule has 0 spiro atoms. The van der Waals surface area contributed by atoms with Gasteiger partial charge in [-0.05, 0) is 0 Å². The molecule has 0 aliphatic carbocycles. The maximum absolute atomic E-state index is 11.0. The average Bonchev–Trinajstić information content (AvgIpc) is 1.56. The van der Waals surface area contributed by atoms with Gasteiger partial charge in [0, 0.05) is 5.66 Å². The third-order valence-corrected chi connectivity index (χ3v) is 4.27. The Bertz CT molecular complexity index is 220. The van der Waals surface area contributed by atoms with E-state index in [1.165, 1.54) is 13.8 Å². The minimum Gasteiger partial charge on any atom is -0.305 e. The molecule has 0 aromatic rings. The molecular formula is C3H9BO5P2. The minimum absolute atomic E-state index is 0.602. The maximum atomic E-state index is 11.0. The van der Waals surface area contributed by atoms with E-state index in [0.29, 0.717) is 0 Å². The third kappa shape index (κ3) is 4.78. The fourth-order valence-electron chi connectivity index (χ4n) is 0.261. The summed E-state index contributed by atoms with van der Waals surface area (Å²) in [5.41, 5.74) is -0.602. The second kappa shape index (κ2) is 3.42. The first-order valence-electron chi connectivity index (χ1n) is 2.80. The van der Waals surface area contributed by atoms with Gasteiger partial charge in [0.15, 0.2) is 7.25 Å². The lowest BCUT2D eigenvalue weighted by Gasteiger charge is -2.17. The molecule has 0 aliphatic rings. The molecular weight excluding hydrogens is 189 g/mol. The normalized spacial score (nSPS) is 18.3. The molecule has 2 N–H and O–H groups in total. The molecule has 0 aromatic carbocycles. The molecule has 11 heavy (non-hydrogen) atoms. The van der Waals surface area contributed by atoms with Crippen LogP contribution in [0.1, 0.15) is 13.8 Å². The van der Waals surface area contributed by atoms with Crippen LogP contribution in [-0.4, -0.2) is 23.0 Å². The molecule has 2 radical (unpaired) electrons. The van der Waals surface area contributed by atoms with Crippen molar-refractivity contribution < 1.29 is 23.2 Å². The van der Waals surface area contributed by atoms with Gasteiger partial charge in [-0.15, -0.1) is 0 Å². The van der Waals surface area contributed by atoms with Crippen LogP contribution in [0.2, 0.25) is 0 Å². The third-order valence-electron chi connectivity index (χ3n) is 0.954. The topological polar surface area (TPSA) is 83.8 Å². The van der Waals surface area contributed by atoms with Crippen molar-refractivity contribution in [1.82, 2.24) is 0 Å². The van der Waals surface area contributed by atoms with Gasteiger partial charge in [-0.1, -0.05) is 13.8 Å². The van der Waals surface area contributed by atoms with Gasteiger partial charge in [0.1, 0.15) is 0 Å². The predicted molar refractivity (Wildman–Crippen MR) is 41.6 cm³/mol. The van der Waals surface area contributed by atoms with E-state index in [4.69, 9.17) is 17.4 Å². The first kappa shape index (κ1) is 11.4. The molecule has 0 saturated carbocycles. The molecule has 0 aliphatic heterocycles. The summed E-state index contributed by atoms with van der Waals surface area (Å²) < 4.78 is 25.1. The van der Waals surface area contributed by atoms with Crippen molar-refractivity contribution in [1.29, 1.82) is 0 Å². The van der Waals surface area contributed by atoms with E-state index in [1.54, 1.807) is 0 Å². The molecule has 0 fully saturated rings. The quantitative estimate of drug-likeness (QED) is 0.518. The van der Waals surface area contributed by atoms with Crippen molar-refractivity contribution in [2.24, 2.45) is 0 Å². The maximum Gasteiger partial charge on any atom is 0.474 e. The van der Waals surface area contributed by atoms with Gasteiger partial charge in [-0.2, -0.15) is 0 Å². The van der Waals surface area contributed by atoms with E-state index in [2.05, 4.69) is 4.31 Å². The lowest BCUT2D eigenvalue weighted by Crippen LogP contribution is -2.00. The molecule has 64 valence electrons. The highest BCUT2D eigenvalue weighted by molar-refractivity contribution is 7.87. The van der Waals surface area contributed by atoms with Crippen LogP contribution in [0.25, 0.3) is 0 Å². The van der Waals surface area contributed by atoms with Crippen LogP contribution in [0.4, 0.5) is 0 Å². The van der Waals surface area contributed by atoms with Gasteiger partial charge < -0.3 is 14.4 Å². The van der Waals surface area contributed by atoms with E-state index in [9.17, 15) is 9.13 Å². The molecule has 0 amide bonds.